The van der Waals surface area contributed by atoms with E-state index >= 15 is 0 Å². The molecular weight excluding hydrogens is 190 g/mol. The van der Waals surface area contributed by atoms with Gasteiger partial charge in [-0.2, -0.15) is 0 Å². The van der Waals surface area contributed by atoms with Gasteiger partial charge in [0.2, 0.25) is 0 Å². The second-order valence-corrected chi connectivity index (χ2v) is 4.78. The van der Waals surface area contributed by atoms with Gasteiger partial charge in [0.25, 0.3) is 0 Å². The summed E-state index contributed by atoms with van der Waals surface area (Å²) in [4.78, 5) is 2.48. The maximum Gasteiger partial charge on any atom is 0.0589 e. The molecule has 1 rings (SSSR count). The van der Waals surface area contributed by atoms with Crippen molar-refractivity contribution in [2.75, 3.05) is 46.6 Å². The van der Waals surface area contributed by atoms with E-state index < -0.39 is 0 Å². The Kier molecular flexibility index (Phi) is 5.58. The highest BCUT2D eigenvalue weighted by Crippen LogP contribution is 2.30. The van der Waals surface area contributed by atoms with Crippen molar-refractivity contribution in [3.8, 4) is 0 Å². The number of methoxy groups -OCH3 is 1. The molecule has 1 heterocycles. The third-order valence-corrected chi connectivity index (χ3v) is 3.33. The van der Waals surface area contributed by atoms with Gasteiger partial charge in [0.1, 0.15) is 0 Å². The van der Waals surface area contributed by atoms with Crippen LogP contribution in [-0.2, 0) is 9.47 Å². The SMILES string of the molecule is CCOCC1(C)CCN(CCOC)CC1. The van der Waals surface area contributed by atoms with E-state index in [0.29, 0.717) is 5.41 Å². The van der Waals surface area contributed by atoms with Crippen LogP contribution in [0.3, 0.4) is 0 Å². The predicted molar refractivity (Wildman–Crippen MR) is 62.2 cm³/mol. The summed E-state index contributed by atoms with van der Waals surface area (Å²) >= 11 is 0. The molecule has 3 nitrogen and oxygen atoms in total. The van der Waals surface area contributed by atoms with Crippen LogP contribution < -0.4 is 0 Å². The number of hydrogen-bond acceptors (Lipinski definition) is 3. The molecule has 0 amide bonds. The first-order chi connectivity index (χ1) is 7.20. The van der Waals surface area contributed by atoms with Gasteiger partial charge in [-0.05, 0) is 38.3 Å². The molecular formula is C12H25NO2. The lowest BCUT2D eigenvalue weighted by molar-refractivity contribution is 0.0112. The summed E-state index contributed by atoms with van der Waals surface area (Å²) in [5.41, 5.74) is 0.402. The van der Waals surface area contributed by atoms with Crippen molar-refractivity contribution in [1.82, 2.24) is 4.90 Å². The third-order valence-electron chi connectivity index (χ3n) is 3.33. The zero-order valence-electron chi connectivity index (χ0n) is 10.4. The van der Waals surface area contributed by atoms with E-state index in [2.05, 4.69) is 18.7 Å². The Balaban J connectivity index is 2.21. The minimum Gasteiger partial charge on any atom is -0.383 e. The molecule has 3 heteroatoms. The normalized spacial score (nSPS) is 21.8. The van der Waals surface area contributed by atoms with Gasteiger partial charge in [0.05, 0.1) is 13.2 Å². The topological polar surface area (TPSA) is 21.7 Å². The van der Waals surface area contributed by atoms with Crippen LogP contribution in [0.15, 0.2) is 0 Å². The lowest BCUT2D eigenvalue weighted by atomic mass is 9.81. The van der Waals surface area contributed by atoms with Gasteiger partial charge in [-0.3, -0.25) is 0 Å². The fraction of sp³-hybridized carbons (Fsp3) is 1.00. The molecule has 90 valence electrons. The first-order valence-electron chi connectivity index (χ1n) is 5.99. The summed E-state index contributed by atoms with van der Waals surface area (Å²) in [6, 6.07) is 0. The lowest BCUT2D eigenvalue weighted by Gasteiger charge is -2.39. The van der Waals surface area contributed by atoms with Crippen LogP contribution in [0, 0.1) is 5.41 Å². The van der Waals surface area contributed by atoms with E-state index in [9.17, 15) is 0 Å². The van der Waals surface area contributed by atoms with Gasteiger partial charge in [-0.1, -0.05) is 6.92 Å². The maximum absolute atomic E-state index is 5.55. The second kappa shape index (κ2) is 6.46. The highest BCUT2D eigenvalue weighted by molar-refractivity contribution is 4.82. The quantitative estimate of drug-likeness (QED) is 0.674. The van der Waals surface area contributed by atoms with E-state index in [1.54, 1.807) is 7.11 Å². The van der Waals surface area contributed by atoms with Gasteiger partial charge < -0.3 is 14.4 Å². The molecule has 0 radical (unpaired) electrons. The number of rotatable bonds is 6. The molecule has 1 fully saturated rings. The molecule has 1 aliphatic rings. The van der Waals surface area contributed by atoms with Crippen molar-refractivity contribution in [3.05, 3.63) is 0 Å². The Morgan fingerprint density at radius 2 is 1.93 bits per heavy atom. The van der Waals surface area contributed by atoms with Gasteiger partial charge in [0, 0.05) is 20.3 Å². The number of likely N-dealkylation sites (tertiary alicyclic amines) is 1. The summed E-state index contributed by atoms with van der Waals surface area (Å²) in [5, 5.41) is 0. The molecule has 0 saturated carbocycles. The fourth-order valence-corrected chi connectivity index (χ4v) is 2.03. The van der Waals surface area contributed by atoms with E-state index in [1.165, 1.54) is 25.9 Å². The monoisotopic (exact) mass is 215 g/mol. The van der Waals surface area contributed by atoms with E-state index in [0.717, 1.165) is 26.4 Å². The average molecular weight is 215 g/mol. The lowest BCUT2D eigenvalue weighted by Crippen LogP contribution is -2.42. The zero-order chi connectivity index (χ0) is 11.1. The Morgan fingerprint density at radius 3 is 2.47 bits per heavy atom. The first-order valence-corrected chi connectivity index (χ1v) is 5.99. The van der Waals surface area contributed by atoms with Gasteiger partial charge in [-0.15, -0.1) is 0 Å². The highest BCUT2D eigenvalue weighted by atomic mass is 16.5. The standard InChI is InChI=1S/C12H25NO2/c1-4-15-11-12(2)5-7-13(8-6-12)9-10-14-3/h4-11H2,1-3H3. The highest BCUT2D eigenvalue weighted by Gasteiger charge is 2.29. The van der Waals surface area contributed by atoms with E-state index in [4.69, 9.17) is 9.47 Å². The van der Waals surface area contributed by atoms with Crippen LogP contribution in [0.1, 0.15) is 26.7 Å². The molecule has 0 bridgehead atoms. The maximum atomic E-state index is 5.55. The van der Waals surface area contributed by atoms with Gasteiger partial charge in [-0.25, -0.2) is 0 Å². The van der Waals surface area contributed by atoms with Crippen LogP contribution in [0.4, 0.5) is 0 Å². The van der Waals surface area contributed by atoms with Crippen LogP contribution in [0.5, 0.6) is 0 Å². The fourth-order valence-electron chi connectivity index (χ4n) is 2.03. The summed E-state index contributed by atoms with van der Waals surface area (Å²) in [7, 11) is 1.77. The van der Waals surface area contributed by atoms with Crippen molar-refractivity contribution in [2.24, 2.45) is 5.41 Å². The molecule has 0 N–H and O–H groups in total. The smallest absolute Gasteiger partial charge is 0.0589 e. The molecule has 0 spiro atoms. The van der Waals surface area contributed by atoms with Crippen molar-refractivity contribution >= 4 is 0 Å². The Morgan fingerprint density at radius 1 is 1.27 bits per heavy atom. The zero-order valence-corrected chi connectivity index (χ0v) is 10.4. The minimum absolute atomic E-state index is 0.402. The van der Waals surface area contributed by atoms with E-state index in [1.807, 2.05) is 0 Å². The largest absolute Gasteiger partial charge is 0.383 e. The average Bonchev–Trinajstić information content (AvgIpc) is 2.26. The number of nitrogens with zero attached hydrogens (tertiary/aromatic N) is 1. The van der Waals surface area contributed by atoms with Crippen LogP contribution in [-0.4, -0.2) is 51.5 Å². The van der Waals surface area contributed by atoms with E-state index in [-0.39, 0.29) is 0 Å². The van der Waals surface area contributed by atoms with Crippen molar-refractivity contribution in [1.29, 1.82) is 0 Å². The van der Waals surface area contributed by atoms with Gasteiger partial charge >= 0.3 is 0 Å². The van der Waals surface area contributed by atoms with Crippen LogP contribution in [0.2, 0.25) is 0 Å². The molecule has 1 aliphatic heterocycles. The van der Waals surface area contributed by atoms with Crippen molar-refractivity contribution in [2.45, 2.75) is 26.7 Å². The molecule has 0 aromatic heterocycles. The summed E-state index contributed by atoms with van der Waals surface area (Å²) in [5.74, 6) is 0. The Labute approximate surface area is 93.7 Å². The Bertz CT molecular complexity index is 165. The summed E-state index contributed by atoms with van der Waals surface area (Å²) in [6.07, 6.45) is 2.49. The summed E-state index contributed by atoms with van der Waals surface area (Å²) in [6.45, 7) is 10.5. The first kappa shape index (κ1) is 12.9. The number of piperidine rings is 1. The number of ether oxygens (including phenoxy) is 2. The minimum atomic E-state index is 0.402. The van der Waals surface area contributed by atoms with Crippen LogP contribution >= 0.6 is 0 Å². The molecule has 0 atom stereocenters. The molecule has 0 aromatic rings. The third kappa shape index (κ3) is 4.49. The molecule has 0 aliphatic carbocycles. The second-order valence-electron chi connectivity index (χ2n) is 4.78. The van der Waals surface area contributed by atoms with Crippen molar-refractivity contribution < 1.29 is 9.47 Å². The van der Waals surface area contributed by atoms with Crippen LogP contribution in [0.25, 0.3) is 0 Å². The Hall–Kier alpha value is -0.120. The molecule has 1 saturated heterocycles. The molecule has 15 heavy (non-hydrogen) atoms. The summed E-state index contributed by atoms with van der Waals surface area (Å²) < 4.78 is 10.6. The van der Waals surface area contributed by atoms with Crippen molar-refractivity contribution in [3.63, 3.8) is 0 Å². The molecule has 0 unspecified atom stereocenters. The number of hydrogen-bond donors (Lipinski definition) is 0. The van der Waals surface area contributed by atoms with Gasteiger partial charge in [0.15, 0.2) is 0 Å². The molecule has 0 aromatic carbocycles. The predicted octanol–water partition coefficient (Wildman–Crippen LogP) is 1.77.